The first kappa shape index (κ1) is 19.8. The van der Waals surface area contributed by atoms with E-state index in [0.29, 0.717) is 5.69 Å². The number of aromatic nitrogens is 2. The van der Waals surface area contributed by atoms with Crippen molar-refractivity contribution in [2.75, 3.05) is 6.54 Å². The van der Waals surface area contributed by atoms with Crippen LogP contribution in [0.25, 0.3) is 5.69 Å². The molecule has 1 heterocycles. The highest BCUT2D eigenvalue weighted by Gasteiger charge is 2.20. The Morgan fingerprint density at radius 1 is 1.37 bits per heavy atom. The minimum absolute atomic E-state index is 0.0472. The lowest BCUT2D eigenvalue weighted by Crippen LogP contribution is -2.34. The largest absolute Gasteiger partial charge is 0.481 e. The van der Waals surface area contributed by atoms with Crippen molar-refractivity contribution in [3.8, 4) is 5.69 Å². The number of amides is 1. The van der Waals surface area contributed by atoms with Crippen LogP contribution in [0.1, 0.15) is 29.5 Å². The summed E-state index contributed by atoms with van der Waals surface area (Å²) in [6.45, 7) is 3.23. The van der Waals surface area contributed by atoms with Crippen LogP contribution < -0.4 is 10.7 Å². The van der Waals surface area contributed by atoms with Gasteiger partial charge in [0.05, 0.1) is 4.92 Å². The molecule has 10 nitrogen and oxygen atoms in total. The molecule has 0 saturated heterocycles. The van der Waals surface area contributed by atoms with Crippen LogP contribution >= 0.6 is 0 Å². The van der Waals surface area contributed by atoms with E-state index in [0.717, 1.165) is 4.68 Å². The molecule has 2 N–H and O–H groups in total. The Morgan fingerprint density at radius 3 is 2.67 bits per heavy atom. The van der Waals surface area contributed by atoms with Crippen LogP contribution in [0.4, 0.5) is 5.69 Å². The number of nitro benzene ring substituents is 1. The molecule has 0 spiro atoms. The lowest BCUT2D eigenvalue weighted by molar-refractivity contribution is -0.384. The number of aliphatic carboxylic acids is 1. The predicted octanol–water partition coefficient (Wildman–Crippen LogP) is 1.29. The zero-order valence-electron chi connectivity index (χ0n) is 14.7. The maximum Gasteiger partial charge on any atom is 0.303 e. The molecule has 1 amide bonds. The lowest BCUT2D eigenvalue weighted by Gasteiger charge is -2.13. The van der Waals surface area contributed by atoms with E-state index >= 15 is 0 Å². The van der Waals surface area contributed by atoms with E-state index in [1.54, 1.807) is 19.9 Å². The molecule has 0 radical (unpaired) electrons. The molecule has 27 heavy (non-hydrogen) atoms. The molecule has 1 unspecified atom stereocenters. The molecule has 1 atom stereocenters. The van der Waals surface area contributed by atoms with Crippen LogP contribution in [0.15, 0.2) is 35.1 Å². The van der Waals surface area contributed by atoms with E-state index in [1.165, 1.54) is 24.3 Å². The summed E-state index contributed by atoms with van der Waals surface area (Å²) in [5.74, 6) is -2.11. The van der Waals surface area contributed by atoms with Gasteiger partial charge >= 0.3 is 5.97 Å². The number of rotatable bonds is 7. The number of carboxylic acids is 1. The van der Waals surface area contributed by atoms with E-state index in [-0.39, 0.29) is 30.3 Å². The number of para-hydroxylation sites is 2. The van der Waals surface area contributed by atoms with Gasteiger partial charge in [-0.2, -0.15) is 5.10 Å². The number of carbonyl (C=O) groups excluding carboxylic acids is 1. The normalized spacial score (nSPS) is 11.6. The van der Waals surface area contributed by atoms with Gasteiger partial charge in [-0.15, -0.1) is 0 Å². The van der Waals surface area contributed by atoms with Gasteiger partial charge in [-0.3, -0.25) is 24.5 Å². The van der Waals surface area contributed by atoms with Gasteiger partial charge in [-0.1, -0.05) is 19.1 Å². The molecule has 0 saturated carbocycles. The maximum absolute atomic E-state index is 12.3. The molecule has 142 valence electrons. The molecule has 2 rings (SSSR count). The number of hydrogen-bond donors (Lipinski definition) is 2. The molecule has 0 aliphatic rings. The summed E-state index contributed by atoms with van der Waals surface area (Å²) >= 11 is 0. The van der Waals surface area contributed by atoms with Gasteiger partial charge in [-0.25, -0.2) is 4.68 Å². The number of carbonyl (C=O) groups is 2. The summed E-state index contributed by atoms with van der Waals surface area (Å²) in [4.78, 5) is 45.8. The Labute approximate surface area is 153 Å². The molecular formula is C17H18N4O6. The van der Waals surface area contributed by atoms with Crippen molar-refractivity contribution in [3.05, 3.63) is 62.1 Å². The second-order valence-electron chi connectivity index (χ2n) is 6.07. The number of nitro groups is 1. The third-order valence-corrected chi connectivity index (χ3v) is 3.76. The van der Waals surface area contributed by atoms with Crippen LogP contribution in [0.5, 0.6) is 0 Å². The molecule has 1 aromatic carbocycles. The molecule has 2 aromatic rings. The zero-order valence-corrected chi connectivity index (χ0v) is 14.7. The van der Waals surface area contributed by atoms with Crippen molar-refractivity contribution in [2.45, 2.75) is 20.3 Å². The second kappa shape index (κ2) is 8.21. The van der Waals surface area contributed by atoms with Crippen molar-refractivity contribution < 1.29 is 19.6 Å². The zero-order chi connectivity index (χ0) is 20.1. The van der Waals surface area contributed by atoms with Crippen LogP contribution in [0.2, 0.25) is 0 Å². The van der Waals surface area contributed by atoms with Crippen molar-refractivity contribution in [3.63, 3.8) is 0 Å². The summed E-state index contributed by atoms with van der Waals surface area (Å²) in [6, 6.07) is 6.99. The molecule has 0 fully saturated rings. The summed E-state index contributed by atoms with van der Waals surface area (Å²) in [6.07, 6.45) is -0.137. The first-order valence-corrected chi connectivity index (χ1v) is 8.05. The number of nitrogens with one attached hydrogen (secondary N) is 1. The molecule has 10 heteroatoms. The summed E-state index contributed by atoms with van der Waals surface area (Å²) in [5.41, 5.74) is -0.844. The van der Waals surface area contributed by atoms with Gasteiger partial charge in [-0.05, 0) is 18.9 Å². The highest BCUT2D eigenvalue weighted by molar-refractivity contribution is 5.92. The van der Waals surface area contributed by atoms with Crippen LogP contribution in [0, 0.1) is 23.0 Å². The van der Waals surface area contributed by atoms with Gasteiger partial charge in [0.15, 0.2) is 5.69 Å². The minimum atomic E-state index is -0.996. The third kappa shape index (κ3) is 4.75. The average molecular weight is 374 g/mol. The van der Waals surface area contributed by atoms with Crippen molar-refractivity contribution in [1.29, 1.82) is 0 Å². The van der Waals surface area contributed by atoms with E-state index in [9.17, 15) is 24.5 Å². The third-order valence-electron chi connectivity index (χ3n) is 3.76. The SMILES string of the molecule is Cc1cc(=O)c(C(=O)NCC(C)CC(=O)O)nn1-c1ccccc1[N+](=O)[O-]. The topological polar surface area (TPSA) is 144 Å². The Hall–Kier alpha value is -3.56. The molecule has 0 bridgehead atoms. The Bertz CT molecular complexity index is 953. The fraction of sp³-hybridized carbons (Fsp3) is 0.294. The van der Waals surface area contributed by atoms with Crippen LogP contribution in [-0.4, -0.2) is 38.2 Å². The molecule has 1 aromatic heterocycles. The van der Waals surface area contributed by atoms with Crippen molar-refractivity contribution >= 4 is 17.6 Å². The fourth-order valence-electron chi connectivity index (χ4n) is 2.47. The van der Waals surface area contributed by atoms with E-state index in [2.05, 4.69) is 10.4 Å². The quantitative estimate of drug-likeness (QED) is 0.548. The van der Waals surface area contributed by atoms with Crippen LogP contribution in [-0.2, 0) is 4.79 Å². The number of carboxylic acid groups (broad SMARTS) is 1. The van der Waals surface area contributed by atoms with Gasteiger partial charge in [0.1, 0.15) is 5.69 Å². The standard InChI is InChI=1S/C17H18N4O6/c1-10(7-15(23)24)9-18-17(25)16-14(22)8-11(2)20(19-16)12-5-3-4-6-13(12)21(26)27/h3-6,8,10H,7,9H2,1-2H3,(H,18,25)(H,23,24). The number of benzene rings is 1. The minimum Gasteiger partial charge on any atom is -0.481 e. The first-order valence-electron chi connectivity index (χ1n) is 8.05. The fourth-order valence-corrected chi connectivity index (χ4v) is 2.47. The molecule has 0 aliphatic carbocycles. The summed E-state index contributed by atoms with van der Waals surface area (Å²) in [7, 11) is 0. The predicted molar refractivity (Wildman–Crippen MR) is 95.0 cm³/mol. The number of aryl methyl sites for hydroxylation is 1. The second-order valence-corrected chi connectivity index (χ2v) is 6.07. The Kier molecular flexibility index (Phi) is 6.01. The number of hydrogen-bond acceptors (Lipinski definition) is 6. The van der Waals surface area contributed by atoms with Gasteiger partial charge in [0.25, 0.3) is 11.6 Å². The van der Waals surface area contributed by atoms with Crippen LogP contribution in [0.3, 0.4) is 0 Å². The van der Waals surface area contributed by atoms with E-state index in [1.807, 2.05) is 0 Å². The molecular weight excluding hydrogens is 356 g/mol. The highest BCUT2D eigenvalue weighted by atomic mass is 16.6. The van der Waals surface area contributed by atoms with Gasteiger partial charge < -0.3 is 10.4 Å². The summed E-state index contributed by atoms with van der Waals surface area (Å²) in [5, 5.41) is 26.4. The van der Waals surface area contributed by atoms with E-state index in [4.69, 9.17) is 5.11 Å². The van der Waals surface area contributed by atoms with Crippen molar-refractivity contribution in [1.82, 2.24) is 15.1 Å². The summed E-state index contributed by atoms with van der Waals surface area (Å²) < 4.78 is 1.16. The van der Waals surface area contributed by atoms with Gasteiger partial charge in [0.2, 0.25) is 5.43 Å². The first-order chi connectivity index (χ1) is 12.7. The Morgan fingerprint density at radius 2 is 2.04 bits per heavy atom. The highest BCUT2D eigenvalue weighted by Crippen LogP contribution is 2.22. The smallest absolute Gasteiger partial charge is 0.303 e. The number of nitrogens with zero attached hydrogens (tertiary/aromatic N) is 3. The van der Waals surface area contributed by atoms with Gasteiger partial charge in [0, 0.05) is 30.8 Å². The van der Waals surface area contributed by atoms with Crippen molar-refractivity contribution in [2.24, 2.45) is 5.92 Å². The maximum atomic E-state index is 12.3. The average Bonchev–Trinajstić information content (AvgIpc) is 2.59. The Balaban J connectivity index is 2.37. The van der Waals surface area contributed by atoms with E-state index < -0.39 is 27.9 Å². The lowest BCUT2D eigenvalue weighted by atomic mass is 10.1. The molecule has 0 aliphatic heterocycles. The monoisotopic (exact) mass is 374 g/mol.